The number of halogens is 1. The van der Waals surface area contributed by atoms with Crippen molar-refractivity contribution in [2.45, 2.75) is 71.6 Å². The number of hydrogen-bond donors (Lipinski definition) is 0. The first-order valence-electron chi connectivity index (χ1n) is 12.1. The van der Waals surface area contributed by atoms with E-state index in [1.807, 2.05) is 12.3 Å². The second kappa shape index (κ2) is 8.71. The third-order valence-electron chi connectivity index (χ3n) is 6.52. The molecule has 35 heavy (non-hydrogen) atoms. The number of pyridine rings is 2. The van der Waals surface area contributed by atoms with Crippen molar-refractivity contribution >= 4 is 0 Å². The Balaban J connectivity index is 1.82. The highest BCUT2D eigenvalue weighted by molar-refractivity contribution is 5.62. The van der Waals surface area contributed by atoms with Crippen LogP contribution in [0, 0.1) is 5.95 Å². The van der Waals surface area contributed by atoms with Gasteiger partial charge in [-0.2, -0.15) is 9.49 Å². The summed E-state index contributed by atoms with van der Waals surface area (Å²) in [5.74, 6) is -0.0800. The third kappa shape index (κ3) is 5.19. The molecule has 0 aliphatic heterocycles. The van der Waals surface area contributed by atoms with Gasteiger partial charge in [0.15, 0.2) is 5.82 Å². The quantitative estimate of drug-likeness (QED) is 0.292. The molecule has 0 spiro atoms. The van der Waals surface area contributed by atoms with Crippen LogP contribution in [0.3, 0.4) is 0 Å². The zero-order valence-electron chi connectivity index (χ0n) is 22.0. The summed E-state index contributed by atoms with van der Waals surface area (Å²) in [4.78, 5) is 9.12. The van der Waals surface area contributed by atoms with Crippen molar-refractivity contribution < 1.29 is 4.39 Å². The van der Waals surface area contributed by atoms with Crippen LogP contribution in [0.4, 0.5) is 4.39 Å². The molecular weight excluding hydrogens is 435 g/mol. The summed E-state index contributed by atoms with van der Waals surface area (Å²) in [6.07, 6.45) is 1.82. The normalized spacial score (nSPS) is 12.7. The van der Waals surface area contributed by atoms with E-state index in [0.29, 0.717) is 5.82 Å². The van der Waals surface area contributed by atoms with Gasteiger partial charge in [0.2, 0.25) is 5.95 Å². The lowest BCUT2D eigenvalue weighted by molar-refractivity contribution is 0.559. The zero-order chi connectivity index (χ0) is 25.6. The van der Waals surface area contributed by atoms with Crippen LogP contribution in [-0.4, -0.2) is 19.7 Å². The number of benzene rings is 1. The van der Waals surface area contributed by atoms with E-state index in [0.717, 1.165) is 22.6 Å². The molecule has 0 N–H and O–H groups in total. The van der Waals surface area contributed by atoms with Crippen molar-refractivity contribution in [3.63, 3.8) is 0 Å². The molecule has 0 radical (unpaired) electrons. The summed E-state index contributed by atoms with van der Waals surface area (Å²) in [6, 6.07) is 19.7. The van der Waals surface area contributed by atoms with Crippen LogP contribution >= 0.6 is 0 Å². The van der Waals surface area contributed by atoms with Gasteiger partial charge in [0.05, 0.1) is 22.5 Å². The summed E-state index contributed by atoms with van der Waals surface area (Å²) >= 11 is 0. The minimum Gasteiger partial charge on any atom is -0.252 e. The summed E-state index contributed by atoms with van der Waals surface area (Å²) in [5.41, 5.74) is 5.88. The Morgan fingerprint density at radius 1 is 0.686 bits per heavy atom. The van der Waals surface area contributed by atoms with Crippen LogP contribution in [0.25, 0.3) is 17.1 Å². The highest BCUT2D eigenvalue weighted by Crippen LogP contribution is 2.36. The molecule has 0 amide bonds. The molecule has 0 aliphatic carbocycles. The van der Waals surface area contributed by atoms with Gasteiger partial charge in [0.25, 0.3) is 0 Å². The molecule has 4 rings (SSSR count). The highest BCUT2D eigenvalue weighted by Gasteiger charge is 2.30. The number of hydrogen-bond acceptors (Lipinski definition) is 3. The average molecular weight is 471 g/mol. The molecule has 0 saturated heterocycles. The van der Waals surface area contributed by atoms with E-state index in [4.69, 9.17) is 10.1 Å². The lowest BCUT2D eigenvalue weighted by Crippen LogP contribution is -2.24. The standard InChI is InChI=1S/C30H35FN4/c1-28(2,3)21-12-9-11-20(17-21)23-18-22(29(4,5)6)19-25(32-23)30(7,8)24-15-16-35(34-24)27-14-10-13-26(31)33-27/h9-19H,1-8H3. The van der Waals surface area contributed by atoms with Crippen molar-refractivity contribution in [3.05, 3.63) is 95.3 Å². The molecule has 4 nitrogen and oxygen atoms in total. The molecule has 0 atom stereocenters. The lowest BCUT2D eigenvalue weighted by Gasteiger charge is -2.27. The van der Waals surface area contributed by atoms with Gasteiger partial charge >= 0.3 is 0 Å². The molecule has 0 bridgehead atoms. The summed E-state index contributed by atoms with van der Waals surface area (Å²) in [6.45, 7) is 17.6. The van der Waals surface area contributed by atoms with E-state index >= 15 is 0 Å². The summed E-state index contributed by atoms with van der Waals surface area (Å²) in [7, 11) is 0. The minimum absolute atomic E-state index is 0.0466. The summed E-state index contributed by atoms with van der Waals surface area (Å²) < 4.78 is 15.3. The molecule has 0 fully saturated rings. The monoisotopic (exact) mass is 470 g/mol. The largest absolute Gasteiger partial charge is 0.252 e. The van der Waals surface area contributed by atoms with Crippen LogP contribution in [0.1, 0.15) is 77.9 Å². The first-order chi connectivity index (χ1) is 16.2. The van der Waals surface area contributed by atoms with E-state index in [9.17, 15) is 4.39 Å². The van der Waals surface area contributed by atoms with Gasteiger partial charge in [-0.15, -0.1) is 0 Å². The van der Waals surface area contributed by atoms with Gasteiger partial charge in [-0.3, -0.25) is 4.98 Å². The van der Waals surface area contributed by atoms with Crippen LogP contribution in [0.15, 0.2) is 66.9 Å². The Bertz CT molecular complexity index is 1350. The topological polar surface area (TPSA) is 43.6 Å². The Hall–Kier alpha value is -3.34. The zero-order valence-corrected chi connectivity index (χ0v) is 22.0. The first kappa shape index (κ1) is 24.8. The van der Waals surface area contributed by atoms with Crippen molar-refractivity contribution in [1.29, 1.82) is 0 Å². The van der Waals surface area contributed by atoms with E-state index < -0.39 is 11.4 Å². The molecule has 4 aromatic rings. The van der Waals surface area contributed by atoms with Crippen LogP contribution in [-0.2, 0) is 16.2 Å². The van der Waals surface area contributed by atoms with Gasteiger partial charge in [-0.05, 0) is 72.2 Å². The second-order valence-corrected chi connectivity index (χ2v) is 11.8. The Morgan fingerprint density at radius 2 is 1.37 bits per heavy atom. The predicted octanol–water partition coefficient (Wildman–Crippen LogP) is 7.39. The van der Waals surface area contributed by atoms with Crippen molar-refractivity contribution in [2.24, 2.45) is 0 Å². The Kier molecular flexibility index (Phi) is 6.16. The Labute approximate surface area is 208 Å². The number of aromatic nitrogens is 4. The Morgan fingerprint density at radius 3 is 2.03 bits per heavy atom. The van der Waals surface area contributed by atoms with E-state index in [2.05, 4.69) is 96.8 Å². The van der Waals surface area contributed by atoms with E-state index in [-0.39, 0.29) is 10.8 Å². The smallest absolute Gasteiger partial charge is 0.214 e. The van der Waals surface area contributed by atoms with E-state index in [1.165, 1.54) is 17.2 Å². The van der Waals surface area contributed by atoms with Gasteiger partial charge in [0.1, 0.15) is 0 Å². The highest BCUT2D eigenvalue weighted by atomic mass is 19.1. The molecule has 0 saturated carbocycles. The van der Waals surface area contributed by atoms with Crippen LogP contribution in [0.2, 0.25) is 0 Å². The molecule has 0 aliphatic rings. The maximum Gasteiger partial charge on any atom is 0.214 e. The predicted molar refractivity (Wildman–Crippen MR) is 141 cm³/mol. The van der Waals surface area contributed by atoms with Crippen molar-refractivity contribution in [3.8, 4) is 17.1 Å². The van der Waals surface area contributed by atoms with Crippen molar-refractivity contribution in [2.75, 3.05) is 0 Å². The summed E-state index contributed by atoms with van der Waals surface area (Å²) in [5, 5.41) is 4.76. The first-order valence-corrected chi connectivity index (χ1v) is 12.1. The average Bonchev–Trinajstić information content (AvgIpc) is 3.29. The maximum atomic E-state index is 13.7. The fraction of sp³-hybridized carbons (Fsp3) is 0.367. The second-order valence-electron chi connectivity index (χ2n) is 11.8. The number of nitrogens with zero attached hydrogens (tertiary/aromatic N) is 4. The molecule has 182 valence electrons. The third-order valence-corrected chi connectivity index (χ3v) is 6.52. The lowest BCUT2D eigenvalue weighted by atomic mass is 9.80. The van der Waals surface area contributed by atoms with Crippen LogP contribution < -0.4 is 0 Å². The van der Waals surface area contributed by atoms with Gasteiger partial charge in [0, 0.05) is 11.8 Å². The van der Waals surface area contributed by atoms with Crippen molar-refractivity contribution in [1.82, 2.24) is 19.7 Å². The molecular formula is C30H35FN4. The van der Waals surface area contributed by atoms with Crippen LogP contribution in [0.5, 0.6) is 0 Å². The molecule has 1 aromatic carbocycles. The SMILES string of the molecule is CC(C)(C)c1cccc(-c2cc(C(C)(C)C)cc(C(C)(C)c3ccn(-c4cccc(F)n4)n3)n2)c1. The van der Waals surface area contributed by atoms with E-state index in [1.54, 1.807) is 16.8 Å². The fourth-order valence-electron chi connectivity index (χ4n) is 4.02. The van der Waals surface area contributed by atoms with Gasteiger partial charge in [-0.25, -0.2) is 9.67 Å². The molecule has 3 heterocycles. The molecule has 5 heteroatoms. The maximum absolute atomic E-state index is 13.7. The molecule has 0 unspecified atom stereocenters. The molecule has 3 aromatic heterocycles. The van der Waals surface area contributed by atoms with Gasteiger partial charge in [-0.1, -0.05) is 65.8 Å². The van der Waals surface area contributed by atoms with Gasteiger partial charge < -0.3 is 0 Å². The number of rotatable bonds is 4. The fourth-order valence-corrected chi connectivity index (χ4v) is 4.02. The minimum atomic E-state index is -0.527.